The van der Waals surface area contributed by atoms with E-state index in [2.05, 4.69) is 9.72 Å². The van der Waals surface area contributed by atoms with E-state index in [0.717, 1.165) is 4.90 Å². The lowest BCUT2D eigenvalue weighted by Gasteiger charge is -2.45. The van der Waals surface area contributed by atoms with Crippen LogP contribution in [0.3, 0.4) is 0 Å². The zero-order chi connectivity index (χ0) is 23.6. The molecule has 1 atom stereocenters. The summed E-state index contributed by atoms with van der Waals surface area (Å²) in [5.74, 6) is -3.82. The molecule has 1 fully saturated rings. The molecule has 2 heterocycles. The minimum absolute atomic E-state index is 0.0108. The third-order valence-electron chi connectivity index (χ3n) is 5.38. The van der Waals surface area contributed by atoms with Crippen LogP contribution in [0.1, 0.15) is 29.4 Å². The van der Waals surface area contributed by atoms with Crippen molar-refractivity contribution in [2.45, 2.75) is 31.0 Å². The molecular weight excluding hydrogens is 459 g/mol. The van der Waals surface area contributed by atoms with Crippen LogP contribution in [0.5, 0.6) is 5.75 Å². The van der Waals surface area contributed by atoms with Gasteiger partial charge in [0.1, 0.15) is 12.4 Å². The number of pyridine rings is 1. The molecule has 1 aliphatic rings. The van der Waals surface area contributed by atoms with Gasteiger partial charge in [0.2, 0.25) is 0 Å². The van der Waals surface area contributed by atoms with E-state index in [4.69, 9.17) is 16.3 Å². The molecule has 1 aromatic carbocycles. The Morgan fingerprint density at radius 3 is 2.56 bits per heavy atom. The van der Waals surface area contributed by atoms with Crippen LogP contribution in [0, 0.1) is 0 Å². The summed E-state index contributed by atoms with van der Waals surface area (Å²) >= 11 is 6.05. The minimum Gasteiger partial charge on any atom is -0.490 e. The van der Waals surface area contributed by atoms with Crippen molar-refractivity contribution in [2.75, 3.05) is 26.3 Å². The van der Waals surface area contributed by atoms with Gasteiger partial charge in [0.05, 0.1) is 29.3 Å². The number of halogens is 6. The minimum atomic E-state index is -4.77. The number of nitrogens with zero attached hydrogens (tertiary/aromatic N) is 2. The second-order valence-corrected chi connectivity index (χ2v) is 7.92. The number of carbonyl (C=O) groups is 1. The molecule has 0 spiro atoms. The molecule has 1 aromatic heterocycles. The van der Waals surface area contributed by atoms with Crippen LogP contribution < -0.4 is 4.74 Å². The summed E-state index contributed by atoms with van der Waals surface area (Å²) in [6, 6.07) is 8.67. The maximum atomic E-state index is 15.1. The van der Waals surface area contributed by atoms with E-state index < -0.39 is 43.4 Å². The number of rotatable bonds is 6. The fourth-order valence-corrected chi connectivity index (χ4v) is 3.69. The van der Waals surface area contributed by atoms with Crippen LogP contribution >= 0.6 is 11.6 Å². The van der Waals surface area contributed by atoms with Gasteiger partial charge in [-0.3, -0.25) is 14.5 Å². The molecule has 174 valence electrons. The number of hydrogen-bond acceptors (Lipinski definition) is 4. The standard InChI is InChI=1S/C21H20ClF5N2O3/c1-19(17-4-2-3-8-28-17)7-9-29(13-20(19,23)24)18(30)14-5-6-16(15(22)12-14)31-10-11-32-21(25,26)27/h2-6,8,12H,7,9-11,13H2,1H3. The third kappa shape index (κ3) is 5.29. The first-order valence-electron chi connectivity index (χ1n) is 9.65. The van der Waals surface area contributed by atoms with Crippen LogP contribution in [-0.4, -0.2) is 54.4 Å². The molecule has 32 heavy (non-hydrogen) atoms. The number of hydrogen-bond donors (Lipinski definition) is 0. The van der Waals surface area contributed by atoms with Gasteiger partial charge in [-0.2, -0.15) is 0 Å². The van der Waals surface area contributed by atoms with Crippen molar-refractivity contribution in [3.05, 3.63) is 58.9 Å². The number of ether oxygens (including phenoxy) is 2. The van der Waals surface area contributed by atoms with E-state index in [1.54, 1.807) is 18.2 Å². The van der Waals surface area contributed by atoms with Crippen LogP contribution in [0.4, 0.5) is 22.0 Å². The summed E-state index contributed by atoms with van der Waals surface area (Å²) in [6.07, 6.45) is -3.31. The summed E-state index contributed by atoms with van der Waals surface area (Å²) in [7, 11) is 0. The fourth-order valence-electron chi connectivity index (χ4n) is 3.46. The molecule has 0 bridgehead atoms. The van der Waals surface area contributed by atoms with Gasteiger partial charge in [0, 0.05) is 18.3 Å². The predicted octanol–water partition coefficient (Wildman–Crippen LogP) is 5.09. The molecule has 0 saturated carbocycles. The molecule has 1 aliphatic heterocycles. The van der Waals surface area contributed by atoms with E-state index in [1.165, 1.54) is 31.3 Å². The molecule has 2 aromatic rings. The topological polar surface area (TPSA) is 51.7 Å². The summed E-state index contributed by atoms with van der Waals surface area (Å²) < 4.78 is 74.8. The van der Waals surface area contributed by atoms with Crippen molar-refractivity contribution in [1.82, 2.24) is 9.88 Å². The zero-order valence-corrected chi connectivity index (χ0v) is 17.7. The zero-order valence-electron chi connectivity index (χ0n) is 17.0. The average Bonchev–Trinajstić information content (AvgIpc) is 2.73. The smallest absolute Gasteiger partial charge is 0.490 e. The van der Waals surface area contributed by atoms with Crippen LogP contribution in [0.25, 0.3) is 0 Å². The van der Waals surface area contributed by atoms with E-state index in [-0.39, 0.29) is 35.0 Å². The molecule has 5 nitrogen and oxygen atoms in total. The van der Waals surface area contributed by atoms with E-state index in [1.807, 2.05) is 0 Å². The Morgan fingerprint density at radius 2 is 1.97 bits per heavy atom. The van der Waals surface area contributed by atoms with Gasteiger partial charge in [0.15, 0.2) is 0 Å². The van der Waals surface area contributed by atoms with Crippen molar-refractivity contribution in [1.29, 1.82) is 0 Å². The van der Waals surface area contributed by atoms with Crippen molar-refractivity contribution in [2.24, 2.45) is 0 Å². The Labute approximate surface area is 186 Å². The van der Waals surface area contributed by atoms with Crippen LogP contribution in [0.2, 0.25) is 5.02 Å². The highest BCUT2D eigenvalue weighted by atomic mass is 35.5. The highest BCUT2D eigenvalue weighted by Crippen LogP contribution is 2.45. The first-order chi connectivity index (χ1) is 14.9. The van der Waals surface area contributed by atoms with Gasteiger partial charge >= 0.3 is 6.36 Å². The quantitative estimate of drug-likeness (QED) is 0.429. The molecule has 0 aliphatic carbocycles. The van der Waals surface area contributed by atoms with Gasteiger partial charge in [-0.25, -0.2) is 8.78 Å². The Hall–Kier alpha value is -2.46. The van der Waals surface area contributed by atoms with Crippen molar-refractivity contribution >= 4 is 17.5 Å². The largest absolute Gasteiger partial charge is 0.522 e. The molecule has 0 N–H and O–H groups in total. The lowest BCUT2D eigenvalue weighted by atomic mass is 9.74. The molecule has 1 saturated heterocycles. The van der Waals surface area contributed by atoms with Gasteiger partial charge < -0.3 is 9.64 Å². The summed E-state index contributed by atoms with van der Waals surface area (Å²) in [4.78, 5) is 17.9. The molecule has 1 amide bonds. The SMILES string of the molecule is CC1(c2ccccn2)CCN(C(=O)c2ccc(OCCOC(F)(F)F)c(Cl)c2)CC1(F)F. The second kappa shape index (κ2) is 9.19. The van der Waals surface area contributed by atoms with Gasteiger partial charge in [-0.15, -0.1) is 13.2 Å². The Balaban J connectivity index is 1.66. The number of benzene rings is 1. The van der Waals surface area contributed by atoms with Gasteiger partial charge in [-0.05, 0) is 43.7 Å². The van der Waals surface area contributed by atoms with Gasteiger partial charge in [-0.1, -0.05) is 17.7 Å². The highest BCUT2D eigenvalue weighted by molar-refractivity contribution is 6.32. The number of likely N-dealkylation sites (tertiary alicyclic amines) is 1. The normalized spacial score (nSPS) is 20.8. The van der Waals surface area contributed by atoms with Crippen molar-refractivity contribution in [3.63, 3.8) is 0 Å². The van der Waals surface area contributed by atoms with E-state index >= 15 is 8.78 Å². The Morgan fingerprint density at radius 1 is 1.22 bits per heavy atom. The first kappa shape index (κ1) is 24.2. The second-order valence-electron chi connectivity index (χ2n) is 7.52. The Kier molecular flexibility index (Phi) is 6.94. The molecule has 3 rings (SSSR count). The maximum absolute atomic E-state index is 15.1. The monoisotopic (exact) mass is 478 g/mol. The maximum Gasteiger partial charge on any atom is 0.522 e. The predicted molar refractivity (Wildman–Crippen MR) is 106 cm³/mol. The Bertz CT molecular complexity index is 958. The van der Waals surface area contributed by atoms with Crippen LogP contribution in [-0.2, 0) is 10.2 Å². The van der Waals surface area contributed by atoms with Crippen LogP contribution in [0.15, 0.2) is 42.6 Å². The summed E-state index contributed by atoms with van der Waals surface area (Å²) in [5.41, 5.74) is -1.19. The summed E-state index contributed by atoms with van der Waals surface area (Å²) in [5, 5.41) is -0.0371. The number of aromatic nitrogens is 1. The average molecular weight is 479 g/mol. The fraction of sp³-hybridized carbons (Fsp3) is 0.429. The first-order valence-corrected chi connectivity index (χ1v) is 10.0. The highest BCUT2D eigenvalue weighted by Gasteiger charge is 2.56. The molecule has 11 heteroatoms. The number of carbonyl (C=O) groups excluding carboxylic acids is 1. The van der Waals surface area contributed by atoms with Crippen molar-refractivity contribution < 1.29 is 36.2 Å². The molecule has 0 radical (unpaired) electrons. The lowest BCUT2D eigenvalue weighted by Crippen LogP contribution is -2.58. The summed E-state index contributed by atoms with van der Waals surface area (Å²) in [6.45, 7) is -0.423. The number of piperidine rings is 1. The van der Waals surface area contributed by atoms with E-state index in [9.17, 15) is 18.0 Å². The lowest BCUT2D eigenvalue weighted by molar-refractivity contribution is -0.325. The molecule has 1 unspecified atom stereocenters. The van der Waals surface area contributed by atoms with Gasteiger partial charge in [0.25, 0.3) is 11.8 Å². The van der Waals surface area contributed by atoms with E-state index in [0.29, 0.717) is 0 Å². The third-order valence-corrected chi connectivity index (χ3v) is 5.68. The number of alkyl halides is 5. The van der Waals surface area contributed by atoms with Crippen molar-refractivity contribution in [3.8, 4) is 5.75 Å². The molecular formula is C21H20ClF5N2O3. The number of amides is 1.